The van der Waals surface area contributed by atoms with Gasteiger partial charge in [0.1, 0.15) is 0 Å². The van der Waals surface area contributed by atoms with Gasteiger partial charge in [0.25, 0.3) is 0 Å². The first-order valence-electron chi connectivity index (χ1n) is 4.28. The lowest BCUT2D eigenvalue weighted by Gasteiger charge is -2.26. The molecular formula is C8H15NO2. The molecule has 1 aliphatic carbocycles. The van der Waals surface area contributed by atoms with Crippen molar-refractivity contribution in [1.29, 1.82) is 0 Å². The van der Waals surface area contributed by atoms with E-state index in [4.69, 9.17) is 9.47 Å². The van der Waals surface area contributed by atoms with E-state index in [2.05, 4.69) is 5.32 Å². The van der Waals surface area contributed by atoms with E-state index in [1.807, 2.05) is 0 Å². The summed E-state index contributed by atoms with van der Waals surface area (Å²) in [6, 6.07) is 0.550. The number of rotatable bonds is 1. The molecule has 1 saturated carbocycles. The molecule has 1 aliphatic heterocycles. The van der Waals surface area contributed by atoms with Crippen LogP contribution in [0.3, 0.4) is 0 Å². The molecule has 64 valence electrons. The smallest absolute Gasteiger partial charge is 0.0754 e. The molecule has 0 unspecified atom stereocenters. The minimum absolute atomic E-state index is 0.411. The molecule has 1 N–H and O–H groups in total. The molecule has 11 heavy (non-hydrogen) atoms. The molecular weight excluding hydrogens is 142 g/mol. The predicted molar refractivity (Wildman–Crippen MR) is 41.6 cm³/mol. The van der Waals surface area contributed by atoms with Gasteiger partial charge < -0.3 is 14.8 Å². The summed E-state index contributed by atoms with van der Waals surface area (Å²) in [5.74, 6) is 0. The van der Waals surface area contributed by atoms with Crippen molar-refractivity contribution in [3.63, 3.8) is 0 Å². The molecule has 2 rings (SSSR count). The molecule has 2 aliphatic rings. The van der Waals surface area contributed by atoms with Crippen LogP contribution >= 0.6 is 0 Å². The lowest BCUT2D eigenvalue weighted by Crippen LogP contribution is -2.44. The van der Waals surface area contributed by atoms with Crippen molar-refractivity contribution in [1.82, 2.24) is 5.32 Å². The zero-order valence-corrected chi connectivity index (χ0v) is 6.88. The highest BCUT2D eigenvalue weighted by molar-refractivity contribution is 4.92. The van der Waals surface area contributed by atoms with E-state index in [-0.39, 0.29) is 0 Å². The fourth-order valence-electron chi connectivity index (χ4n) is 2.00. The van der Waals surface area contributed by atoms with Gasteiger partial charge in [-0.1, -0.05) is 0 Å². The Balaban J connectivity index is 1.92. The lowest BCUT2D eigenvalue weighted by molar-refractivity contribution is 0.00539. The number of morpholine rings is 1. The molecule has 0 bridgehead atoms. The topological polar surface area (TPSA) is 30.5 Å². The van der Waals surface area contributed by atoms with E-state index in [0.717, 1.165) is 26.0 Å². The molecule has 0 aromatic heterocycles. The Morgan fingerprint density at radius 2 is 2.36 bits per heavy atom. The average molecular weight is 157 g/mol. The van der Waals surface area contributed by atoms with Crippen molar-refractivity contribution in [3.05, 3.63) is 0 Å². The SMILES string of the molecule is CO[C@@H]1C[C@@H]2OCCN[C@@H]2C1. The van der Waals surface area contributed by atoms with Gasteiger partial charge in [-0.25, -0.2) is 0 Å². The van der Waals surface area contributed by atoms with E-state index in [9.17, 15) is 0 Å². The first-order valence-corrected chi connectivity index (χ1v) is 4.28. The zero-order valence-electron chi connectivity index (χ0n) is 6.88. The maximum absolute atomic E-state index is 5.59. The molecule has 0 aromatic rings. The van der Waals surface area contributed by atoms with Crippen LogP contribution in [0.1, 0.15) is 12.8 Å². The van der Waals surface area contributed by atoms with Crippen molar-refractivity contribution in [2.24, 2.45) is 0 Å². The summed E-state index contributed by atoms with van der Waals surface area (Å²) in [6.45, 7) is 1.86. The van der Waals surface area contributed by atoms with E-state index >= 15 is 0 Å². The highest BCUT2D eigenvalue weighted by atomic mass is 16.5. The van der Waals surface area contributed by atoms with Crippen molar-refractivity contribution in [3.8, 4) is 0 Å². The van der Waals surface area contributed by atoms with Gasteiger partial charge in [-0.3, -0.25) is 0 Å². The minimum atomic E-state index is 0.411. The number of ether oxygens (including phenoxy) is 2. The second-order valence-electron chi connectivity index (χ2n) is 3.30. The standard InChI is InChI=1S/C8H15NO2/c1-10-6-4-7-8(5-6)11-3-2-9-7/h6-9H,2-5H2,1H3/t6-,7+,8-/m0/s1. The van der Waals surface area contributed by atoms with Crippen molar-refractivity contribution in [2.45, 2.75) is 31.1 Å². The second kappa shape index (κ2) is 3.09. The fourth-order valence-corrected chi connectivity index (χ4v) is 2.00. The Hall–Kier alpha value is -0.120. The minimum Gasteiger partial charge on any atom is -0.381 e. The Morgan fingerprint density at radius 3 is 3.09 bits per heavy atom. The highest BCUT2D eigenvalue weighted by Crippen LogP contribution is 2.26. The van der Waals surface area contributed by atoms with E-state index in [1.165, 1.54) is 0 Å². The van der Waals surface area contributed by atoms with Crippen LogP contribution in [0.4, 0.5) is 0 Å². The van der Waals surface area contributed by atoms with Gasteiger partial charge in [-0.15, -0.1) is 0 Å². The van der Waals surface area contributed by atoms with Crippen LogP contribution in [0.15, 0.2) is 0 Å². The lowest BCUT2D eigenvalue weighted by atomic mass is 10.2. The summed E-state index contributed by atoms with van der Waals surface area (Å²) >= 11 is 0. The average Bonchev–Trinajstić information content (AvgIpc) is 2.46. The van der Waals surface area contributed by atoms with E-state index < -0.39 is 0 Å². The van der Waals surface area contributed by atoms with Crippen LogP contribution < -0.4 is 5.32 Å². The number of hydrogen-bond acceptors (Lipinski definition) is 3. The highest BCUT2D eigenvalue weighted by Gasteiger charge is 2.36. The number of fused-ring (bicyclic) bond motifs is 1. The maximum Gasteiger partial charge on any atom is 0.0754 e. The Labute approximate surface area is 67.1 Å². The van der Waals surface area contributed by atoms with Gasteiger partial charge in [-0.05, 0) is 6.42 Å². The summed E-state index contributed by atoms with van der Waals surface area (Å²) in [5, 5.41) is 3.44. The molecule has 3 heteroatoms. The molecule has 1 heterocycles. The maximum atomic E-state index is 5.59. The van der Waals surface area contributed by atoms with Crippen LogP contribution in [0.25, 0.3) is 0 Å². The molecule has 0 amide bonds. The monoisotopic (exact) mass is 157 g/mol. The zero-order chi connectivity index (χ0) is 7.68. The second-order valence-corrected chi connectivity index (χ2v) is 3.30. The summed E-state index contributed by atoms with van der Waals surface area (Å²) in [6.07, 6.45) is 3.00. The summed E-state index contributed by atoms with van der Waals surface area (Å²) < 4.78 is 10.9. The molecule has 0 radical (unpaired) electrons. The molecule has 1 saturated heterocycles. The molecule has 0 spiro atoms. The van der Waals surface area contributed by atoms with Gasteiger partial charge >= 0.3 is 0 Å². The Morgan fingerprint density at radius 1 is 1.45 bits per heavy atom. The van der Waals surface area contributed by atoms with Gasteiger partial charge in [-0.2, -0.15) is 0 Å². The van der Waals surface area contributed by atoms with Gasteiger partial charge in [0, 0.05) is 26.1 Å². The van der Waals surface area contributed by atoms with E-state index in [0.29, 0.717) is 18.2 Å². The van der Waals surface area contributed by atoms with Crippen molar-refractivity contribution < 1.29 is 9.47 Å². The van der Waals surface area contributed by atoms with Gasteiger partial charge in [0.2, 0.25) is 0 Å². The quantitative estimate of drug-likeness (QED) is 0.588. The van der Waals surface area contributed by atoms with Crippen LogP contribution in [0.2, 0.25) is 0 Å². The fraction of sp³-hybridized carbons (Fsp3) is 1.00. The van der Waals surface area contributed by atoms with Crippen LogP contribution in [-0.2, 0) is 9.47 Å². The third-order valence-electron chi connectivity index (χ3n) is 2.63. The van der Waals surface area contributed by atoms with Gasteiger partial charge in [0.15, 0.2) is 0 Å². The summed E-state index contributed by atoms with van der Waals surface area (Å²) in [4.78, 5) is 0. The van der Waals surface area contributed by atoms with Crippen LogP contribution in [0.5, 0.6) is 0 Å². The number of nitrogens with one attached hydrogen (secondary N) is 1. The number of methoxy groups -OCH3 is 1. The van der Waals surface area contributed by atoms with Crippen LogP contribution in [-0.4, -0.2) is 38.5 Å². The van der Waals surface area contributed by atoms with Crippen LogP contribution in [0, 0.1) is 0 Å². The summed E-state index contributed by atoms with van der Waals surface area (Å²) in [7, 11) is 1.78. The normalized spacial score (nSPS) is 43.9. The summed E-state index contributed by atoms with van der Waals surface area (Å²) in [5.41, 5.74) is 0. The van der Waals surface area contributed by atoms with Crippen molar-refractivity contribution >= 4 is 0 Å². The van der Waals surface area contributed by atoms with Crippen molar-refractivity contribution in [2.75, 3.05) is 20.3 Å². The van der Waals surface area contributed by atoms with E-state index in [1.54, 1.807) is 7.11 Å². The third kappa shape index (κ3) is 1.41. The molecule has 0 aromatic carbocycles. The Bertz CT molecular complexity index is 126. The molecule has 2 fully saturated rings. The predicted octanol–water partition coefficient (Wildman–Crippen LogP) is 0.152. The van der Waals surface area contributed by atoms with Gasteiger partial charge in [0.05, 0.1) is 18.8 Å². The third-order valence-corrected chi connectivity index (χ3v) is 2.63. The first kappa shape index (κ1) is 7.53. The Kier molecular flexibility index (Phi) is 2.11. The number of hydrogen-bond donors (Lipinski definition) is 1. The molecule has 3 nitrogen and oxygen atoms in total. The first-order chi connectivity index (χ1) is 5.40. The largest absolute Gasteiger partial charge is 0.381 e. The molecule has 3 atom stereocenters.